The minimum Gasteiger partial charge on any atom is -0.382 e. The van der Waals surface area contributed by atoms with Gasteiger partial charge in [-0.15, -0.1) is 0 Å². The Morgan fingerprint density at radius 3 is 2.57 bits per heavy atom. The maximum absolute atomic E-state index is 13.6. The first-order valence-corrected chi connectivity index (χ1v) is 7.34. The third kappa shape index (κ3) is 7.44. The predicted octanol–water partition coefficient (Wildman–Crippen LogP) is 3.27. The minimum atomic E-state index is -0.309. The number of hydrogen-bond donors (Lipinski definition) is 2. The number of benzene rings is 1. The van der Waals surface area contributed by atoms with Crippen LogP contribution >= 0.6 is 0 Å². The summed E-state index contributed by atoms with van der Waals surface area (Å²) in [5, 5.41) is 5.20. The van der Waals surface area contributed by atoms with Gasteiger partial charge in [-0.3, -0.25) is 14.9 Å². The highest BCUT2D eigenvalue weighted by molar-refractivity contribution is 5.85. The van der Waals surface area contributed by atoms with Crippen LogP contribution in [0.2, 0.25) is 0 Å². The Morgan fingerprint density at radius 1 is 1.38 bits per heavy atom. The molecule has 0 bridgehead atoms. The average Bonchev–Trinajstić information content (AvgIpc) is 2.48. The van der Waals surface area contributed by atoms with Crippen LogP contribution in [0.4, 0.5) is 10.1 Å². The van der Waals surface area contributed by atoms with Crippen molar-refractivity contribution in [3.63, 3.8) is 0 Å². The average molecular weight is 296 g/mol. The number of carbonyl (C=O) groups is 2. The van der Waals surface area contributed by atoms with Crippen LogP contribution in [0.3, 0.4) is 0 Å². The summed E-state index contributed by atoms with van der Waals surface area (Å²) in [5.41, 5.74) is 1.38. The molecule has 0 heterocycles. The third-order valence-electron chi connectivity index (χ3n) is 2.87. The van der Waals surface area contributed by atoms with Gasteiger partial charge in [-0.05, 0) is 37.5 Å². The minimum absolute atomic E-state index is 0.0179. The molecular weight excluding hydrogens is 271 g/mol. The largest absolute Gasteiger partial charge is 0.382 e. The summed E-state index contributed by atoms with van der Waals surface area (Å²) >= 11 is 0. The van der Waals surface area contributed by atoms with E-state index in [-0.39, 0.29) is 24.2 Å². The quantitative estimate of drug-likeness (QED) is 0.759. The number of halogens is 1. The molecule has 0 saturated carbocycles. The zero-order chi connectivity index (χ0) is 16.3. The Labute approximate surface area is 126 Å². The van der Waals surface area contributed by atoms with Crippen LogP contribution in [0.25, 0.3) is 0 Å². The van der Waals surface area contributed by atoms with E-state index in [1.165, 1.54) is 6.07 Å². The number of hydrogen-bond acceptors (Lipinski definition) is 3. The van der Waals surface area contributed by atoms with E-state index in [0.29, 0.717) is 30.5 Å². The molecule has 1 atom stereocenters. The number of aryl methyl sites for hydroxylation is 1. The summed E-state index contributed by atoms with van der Waals surface area (Å²) in [5.74, 6) is -0.533. The summed E-state index contributed by atoms with van der Waals surface area (Å²) in [6.45, 7) is 7.81. The first-order valence-electron chi connectivity index (χ1n) is 7.34. The molecule has 1 aromatic carbocycles. The van der Waals surface area contributed by atoms with Crippen molar-refractivity contribution in [2.24, 2.45) is 0 Å². The smallest absolute Gasteiger partial charge is 0.226 e. The maximum Gasteiger partial charge on any atom is 0.226 e. The highest BCUT2D eigenvalue weighted by Crippen LogP contribution is 2.16. The van der Waals surface area contributed by atoms with Gasteiger partial charge in [0.05, 0.1) is 0 Å². The van der Waals surface area contributed by atoms with Crippen LogP contribution in [-0.2, 0) is 16.0 Å². The topological polar surface area (TPSA) is 58.2 Å². The van der Waals surface area contributed by atoms with Crippen LogP contribution < -0.4 is 10.6 Å². The van der Waals surface area contributed by atoms with Gasteiger partial charge in [-0.2, -0.15) is 0 Å². The van der Waals surface area contributed by atoms with Crippen molar-refractivity contribution < 1.29 is 14.0 Å². The van der Waals surface area contributed by atoms with Crippen LogP contribution in [0.15, 0.2) is 18.2 Å². The number of nitrogens with one attached hydrogen (secondary N) is 2. The van der Waals surface area contributed by atoms with Gasteiger partial charge in [0.15, 0.2) is 0 Å². The fourth-order valence-electron chi connectivity index (χ4n) is 1.77. The van der Waals surface area contributed by atoms with E-state index in [1.54, 1.807) is 6.07 Å². The molecule has 0 aliphatic carbocycles. The first-order chi connectivity index (χ1) is 10.1. The lowest BCUT2D eigenvalue weighted by Gasteiger charge is -2.15. The zero-order valence-electron chi connectivity index (χ0n) is 13.2. The molecule has 0 spiro atoms. The molecule has 1 aromatic rings. The second kappa shape index (κ2) is 10.8. The van der Waals surface area contributed by atoms with Gasteiger partial charge in [0.25, 0.3) is 0 Å². The zero-order valence-corrected chi connectivity index (χ0v) is 13.2. The summed E-state index contributed by atoms with van der Waals surface area (Å²) < 4.78 is 13.6. The highest BCUT2D eigenvalue weighted by atomic mass is 19.1. The van der Waals surface area contributed by atoms with Crippen LogP contribution in [0.5, 0.6) is 0 Å². The Morgan fingerprint density at radius 2 is 2.05 bits per heavy atom. The van der Waals surface area contributed by atoms with Crippen molar-refractivity contribution in [1.29, 1.82) is 0 Å². The molecule has 0 aliphatic rings. The number of rotatable bonds is 7. The molecule has 118 valence electrons. The standard InChI is InChI=1S/C14H19FN2O2.C2H6/c1-3-11-5-6-12(8-13(11)15)17-10(2)4-7-14(19)16-9-18;1-2/h5-6,8-10,17H,3-4,7H2,1-2H3,(H,16,18,19);1-2H3. The highest BCUT2D eigenvalue weighted by Gasteiger charge is 2.07. The normalized spacial score (nSPS) is 10.9. The van der Waals surface area contributed by atoms with Gasteiger partial charge >= 0.3 is 0 Å². The van der Waals surface area contributed by atoms with Crippen molar-refractivity contribution in [2.45, 2.75) is 53.0 Å². The molecule has 2 N–H and O–H groups in total. The summed E-state index contributed by atoms with van der Waals surface area (Å²) in [4.78, 5) is 21.2. The summed E-state index contributed by atoms with van der Waals surface area (Å²) in [6.07, 6.45) is 1.85. The van der Waals surface area contributed by atoms with E-state index in [0.717, 1.165) is 0 Å². The molecule has 0 radical (unpaired) electrons. The van der Waals surface area contributed by atoms with Gasteiger partial charge in [0, 0.05) is 18.2 Å². The number of imide groups is 1. The van der Waals surface area contributed by atoms with Gasteiger partial charge in [0.2, 0.25) is 12.3 Å². The third-order valence-corrected chi connectivity index (χ3v) is 2.87. The Hall–Kier alpha value is -1.91. The van der Waals surface area contributed by atoms with Gasteiger partial charge < -0.3 is 5.32 Å². The molecule has 5 heteroatoms. The lowest BCUT2D eigenvalue weighted by atomic mass is 10.1. The van der Waals surface area contributed by atoms with E-state index < -0.39 is 0 Å². The fraction of sp³-hybridized carbons (Fsp3) is 0.500. The second-order valence-electron chi connectivity index (χ2n) is 4.43. The number of anilines is 1. The SMILES string of the molecule is CC.CCc1ccc(NC(C)CCC(=O)NC=O)cc1F. The second-order valence-corrected chi connectivity index (χ2v) is 4.43. The number of amides is 2. The maximum atomic E-state index is 13.6. The lowest BCUT2D eigenvalue weighted by molar-refractivity contribution is -0.125. The Kier molecular flexibility index (Phi) is 9.84. The fourth-order valence-corrected chi connectivity index (χ4v) is 1.77. The van der Waals surface area contributed by atoms with E-state index in [2.05, 4.69) is 10.6 Å². The monoisotopic (exact) mass is 296 g/mol. The summed E-state index contributed by atoms with van der Waals surface area (Å²) in [7, 11) is 0. The lowest BCUT2D eigenvalue weighted by Crippen LogP contribution is -2.24. The number of carbonyl (C=O) groups excluding carboxylic acids is 2. The van der Waals surface area contributed by atoms with Crippen LogP contribution in [-0.4, -0.2) is 18.4 Å². The van der Waals surface area contributed by atoms with Crippen LogP contribution in [0, 0.1) is 5.82 Å². The Bertz CT molecular complexity index is 450. The molecule has 0 saturated heterocycles. The first kappa shape index (κ1) is 19.1. The van der Waals surface area contributed by atoms with Crippen molar-refractivity contribution >= 4 is 18.0 Å². The molecule has 4 nitrogen and oxygen atoms in total. The molecule has 1 rings (SSSR count). The molecule has 0 aliphatic heterocycles. The van der Waals surface area contributed by atoms with E-state index >= 15 is 0 Å². The summed E-state index contributed by atoms with van der Waals surface area (Å²) in [6, 6.07) is 5.05. The van der Waals surface area contributed by atoms with Gasteiger partial charge in [-0.25, -0.2) is 4.39 Å². The predicted molar refractivity (Wildman–Crippen MR) is 83.7 cm³/mol. The van der Waals surface area contributed by atoms with Crippen molar-refractivity contribution in [3.05, 3.63) is 29.6 Å². The molecule has 21 heavy (non-hydrogen) atoms. The van der Waals surface area contributed by atoms with E-state index in [9.17, 15) is 14.0 Å². The van der Waals surface area contributed by atoms with E-state index in [1.807, 2.05) is 33.8 Å². The molecular formula is C16H25FN2O2. The van der Waals surface area contributed by atoms with Crippen LogP contribution in [0.1, 0.15) is 46.1 Å². The van der Waals surface area contributed by atoms with Crippen molar-refractivity contribution in [3.8, 4) is 0 Å². The Balaban J connectivity index is 0.00000191. The molecule has 1 unspecified atom stereocenters. The van der Waals surface area contributed by atoms with Crippen molar-refractivity contribution in [2.75, 3.05) is 5.32 Å². The molecule has 0 fully saturated rings. The molecule has 0 aromatic heterocycles. The van der Waals surface area contributed by atoms with Crippen molar-refractivity contribution in [1.82, 2.24) is 5.32 Å². The van der Waals surface area contributed by atoms with E-state index in [4.69, 9.17) is 0 Å². The van der Waals surface area contributed by atoms with Gasteiger partial charge in [-0.1, -0.05) is 26.8 Å². The van der Waals surface area contributed by atoms with Gasteiger partial charge in [0.1, 0.15) is 5.82 Å². The molecule has 2 amide bonds.